The molecule has 0 unspecified atom stereocenters. The standard InChI is InChI=1S/C16H16F2N4O.C2H6/c1-9-2-3-13(11(17)4-9)22-14-8-20-7-12(18)15(14)16(23)21-10-5-19-6-10;1-2/h2-4,7-8,10,19,22H,5-6H2,1H3,(H,21,23);1-2H3. The zero-order valence-electron chi connectivity index (χ0n) is 14.5. The molecule has 7 heteroatoms. The van der Waals surface area contributed by atoms with Crippen molar-refractivity contribution in [2.75, 3.05) is 18.4 Å². The Morgan fingerprint density at radius 2 is 1.88 bits per heavy atom. The third-order valence-corrected chi connectivity index (χ3v) is 3.64. The average molecular weight is 348 g/mol. The number of hydrogen-bond acceptors (Lipinski definition) is 4. The summed E-state index contributed by atoms with van der Waals surface area (Å²) in [5.74, 6) is -1.79. The minimum Gasteiger partial charge on any atom is -0.351 e. The highest BCUT2D eigenvalue weighted by Gasteiger charge is 2.24. The second-order valence-electron chi connectivity index (χ2n) is 5.48. The SMILES string of the molecule is CC.Cc1ccc(Nc2cncc(F)c2C(=O)NC2CNC2)c(F)c1. The number of halogens is 2. The first-order chi connectivity index (χ1) is 12.0. The van der Waals surface area contributed by atoms with Crippen molar-refractivity contribution in [1.82, 2.24) is 15.6 Å². The Balaban J connectivity index is 0.00000109. The van der Waals surface area contributed by atoms with Crippen LogP contribution in [0.15, 0.2) is 30.6 Å². The van der Waals surface area contributed by atoms with Crippen molar-refractivity contribution in [3.8, 4) is 0 Å². The molecule has 0 bridgehead atoms. The van der Waals surface area contributed by atoms with E-state index in [9.17, 15) is 13.6 Å². The number of nitrogens with zero attached hydrogens (tertiary/aromatic N) is 1. The Morgan fingerprint density at radius 3 is 2.48 bits per heavy atom. The van der Waals surface area contributed by atoms with Crippen LogP contribution in [0, 0.1) is 18.6 Å². The molecule has 0 radical (unpaired) electrons. The van der Waals surface area contributed by atoms with Gasteiger partial charge in [-0.25, -0.2) is 8.78 Å². The maximum Gasteiger partial charge on any atom is 0.256 e. The van der Waals surface area contributed by atoms with E-state index in [4.69, 9.17) is 0 Å². The van der Waals surface area contributed by atoms with Gasteiger partial charge >= 0.3 is 0 Å². The number of carbonyl (C=O) groups excluding carboxylic acids is 1. The summed E-state index contributed by atoms with van der Waals surface area (Å²) >= 11 is 0. The molecule has 1 fully saturated rings. The summed E-state index contributed by atoms with van der Waals surface area (Å²) in [5.41, 5.74) is 0.868. The van der Waals surface area contributed by atoms with Crippen molar-refractivity contribution < 1.29 is 13.6 Å². The van der Waals surface area contributed by atoms with E-state index in [2.05, 4.69) is 20.9 Å². The third kappa shape index (κ3) is 4.51. The summed E-state index contributed by atoms with van der Waals surface area (Å²) in [5, 5.41) is 8.48. The zero-order chi connectivity index (χ0) is 18.4. The normalized spacial score (nSPS) is 13.3. The van der Waals surface area contributed by atoms with Crippen molar-refractivity contribution in [1.29, 1.82) is 0 Å². The number of amides is 1. The first-order valence-electron chi connectivity index (χ1n) is 8.23. The smallest absolute Gasteiger partial charge is 0.256 e. The Kier molecular flexibility index (Phi) is 6.41. The number of anilines is 2. The van der Waals surface area contributed by atoms with Crippen molar-refractivity contribution in [2.45, 2.75) is 26.8 Å². The molecule has 5 nitrogen and oxygen atoms in total. The van der Waals surface area contributed by atoms with Crippen LogP contribution in [0.1, 0.15) is 29.8 Å². The van der Waals surface area contributed by atoms with Gasteiger partial charge in [0.2, 0.25) is 0 Å². The minimum absolute atomic E-state index is 0.0287. The topological polar surface area (TPSA) is 66.0 Å². The molecule has 1 aliphatic rings. The molecular weight excluding hydrogens is 326 g/mol. The molecule has 1 aromatic heterocycles. The molecule has 1 amide bonds. The fourth-order valence-corrected chi connectivity index (χ4v) is 2.28. The van der Waals surface area contributed by atoms with E-state index in [0.717, 1.165) is 11.8 Å². The summed E-state index contributed by atoms with van der Waals surface area (Å²) in [6.45, 7) is 7.06. The first-order valence-corrected chi connectivity index (χ1v) is 8.23. The van der Waals surface area contributed by atoms with E-state index in [1.54, 1.807) is 13.0 Å². The van der Waals surface area contributed by atoms with Gasteiger partial charge in [-0.2, -0.15) is 0 Å². The van der Waals surface area contributed by atoms with Gasteiger partial charge < -0.3 is 16.0 Å². The minimum atomic E-state index is -0.757. The molecule has 3 rings (SSSR count). The van der Waals surface area contributed by atoms with E-state index < -0.39 is 17.5 Å². The average Bonchev–Trinajstić information content (AvgIpc) is 2.55. The lowest BCUT2D eigenvalue weighted by Crippen LogP contribution is -2.57. The van der Waals surface area contributed by atoms with Gasteiger partial charge in [-0.1, -0.05) is 19.9 Å². The number of nitrogens with one attached hydrogen (secondary N) is 3. The molecule has 0 saturated carbocycles. The van der Waals surface area contributed by atoms with Gasteiger partial charge in [-0.05, 0) is 24.6 Å². The lowest BCUT2D eigenvalue weighted by molar-refractivity contribution is 0.0920. The fraction of sp³-hybridized carbons (Fsp3) is 0.333. The van der Waals surface area contributed by atoms with Gasteiger partial charge in [0.05, 0.1) is 29.8 Å². The predicted octanol–water partition coefficient (Wildman–Crippen LogP) is 3.14. The molecule has 3 N–H and O–H groups in total. The second-order valence-corrected chi connectivity index (χ2v) is 5.48. The summed E-state index contributed by atoms with van der Waals surface area (Å²) in [4.78, 5) is 16.0. The molecule has 1 aromatic carbocycles. The number of benzene rings is 1. The molecule has 2 heterocycles. The molecule has 0 aliphatic carbocycles. The summed E-state index contributed by atoms with van der Waals surface area (Å²) in [6.07, 6.45) is 2.26. The molecule has 1 saturated heterocycles. The Bertz CT molecular complexity index is 748. The van der Waals surface area contributed by atoms with E-state index in [0.29, 0.717) is 13.1 Å². The van der Waals surface area contributed by atoms with E-state index in [1.165, 1.54) is 18.3 Å². The fourth-order valence-electron chi connectivity index (χ4n) is 2.28. The Hall–Kier alpha value is -2.54. The van der Waals surface area contributed by atoms with Crippen molar-refractivity contribution in [3.63, 3.8) is 0 Å². The second kappa shape index (κ2) is 8.53. The maximum atomic E-state index is 14.1. The van der Waals surface area contributed by atoms with Crippen molar-refractivity contribution in [2.24, 2.45) is 0 Å². The number of hydrogen-bond donors (Lipinski definition) is 3. The van der Waals surface area contributed by atoms with Gasteiger partial charge in [0.15, 0.2) is 5.82 Å². The van der Waals surface area contributed by atoms with Crippen LogP contribution >= 0.6 is 0 Å². The molecule has 0 spiro atoms. The van der Waals surface area contributed by atoms with Gasteiger partial charge in [0.1, 0.15) is 11.4 Å². The summed E-state index contributed by atoms with van der Waals surface area (Å²) in [7, 11) is 0. The number of carbonyl (C=O) groups is 1. The van der Waals surface area contributed by atoms with Crippen LogP contribution < -0.4 is 16.0 Å². The molecular formula is C18H22F2N4O. The van der Waals surface area contributed by atoms with Gasteiger partial charge in [0.25, 0.3) is 5.91 Å². The van der Waals surface area contributed by atoms with Crippen molar-refractivity contribution >= 4 is 17.3 Å². The summed E-state index contributed by atoms with van der Waals surface area (Å²) < 4.78 is 28.0. The van der Waals surface area contributed by atoms with Crippen LogP contribution in [0.3, 0.4) is 0 Å². The van der Waals surface area contributed by atoms with Crippen molar-refractivity contribution in [3.05, 3.63) is 53.4 Å². The highest BCUT2D eigenvalue weighted by Crippen LogP contribution is 2.25. The van der Waals surface area contributed by atoms with E-state index in [1.807, 2.05) is 13.8 Å². The highest BCUT2D eigenvalue weighted by molar-refractivity contribution is 6.00. The molecule has 0 atom stereocenters. The Morgan fingerprint density at radius 1 is 1.16 bits per heavy atom. The van der Waals surface area contributed by atoms with Crippen LogP contribution in [0.5, 0.6) is 0 Å². The van der Waals surface area contributed by atoms with E-state index in [-0.39, 0.29) is 23.0 Å². The largest absolute Gasteiger partial charge is 0.351 e. The van der Waals surface area contributed by atoms with E-state index >= 15 is 0 Å². The lowest BCUT2D eigenvalue weighted by atomic mass is 10.1. The third-order valence-electron chi connectivity index (χ3n) is 3.64. The predicted molar refractivity (Wildman–Crippen MR) is 94.1 cm³/mol. The number of aromatic nitrogens is 1. The number of pyridine rings is 1. The Labute approximate surface area is 145 Å². The monoisotopic (exact) mass is 348 g/mol. The lowest BCUT2D eigenvalue weighted by Gasteiger charge is -2.28. The van der Waals surface area contributed by atoms with Gasteiger partial charge in [-0.15, -0.1) is 0 Å². The quantitative estimate of drug-likeness (QED) is 0.794. The van der Waals surface area contributed by atoms with Crippen LogP contribution in [0.4, 0.5) is 20.2 Å². The van der Waals surface area contributed by atoms with Gasteiger partial charge in [-0.3, -0.25) is 9.78 Å². The molecule has 1 aliphatic heterocycles. The van der Waals surface area contributed by atoms with Crippen LogP contribution in [-0.4, -0.2) is 30.0 Å². The molecule has 25 heavy (non-hydrogen) atoms. The highest BCUT2D eigenvalue weighted by atomic mass is 19.1. The van der Waals surface area contributed by atoms with Gasteiger partial charge in [0, 0.05) is 13.1 Å². The number of aryl methyl sites for hydroxylation is 1. The summed E-state index contributed by atoms with van der Waals surface area (Å²) in [6, 6.07) is 4.58. The maximum absolute atomic E-state index is 14.1. The molecule has 134 valence electrons. The van der Waals surface area contributed by atoms with Crippen LogP contribution in [0.25, 0.3) is 0 Å². The zero-order valence-corrected chi connectivity index (χ0v) is 14.5. The molecule has 2 aromatic rings. The first kappa shape index (κ1) is 18.8. The van der Waals surface area contributed by atoms with Crippen LogP contribution in [-0.2, 0) is 0 Å². The van der Waals surface area contributed by atoms with Crippen LogP contribution in [0.2, 0.25) is 0 Å². The number of rotatable bonds is 4.